The van der Waals surface area contributed by atoms with E-state index in [1.807, 2.05) is 13.0 Å². The first-order valence-corrected chi connectivity index (χ1v) is 6.68. The van der Waals surface area contributed by atoms with Crippen molar-refractivity contribution in [1.29, 1.82) is 5.26 Å². The summed E-state index contributed by atoms with van der Waals surface area (Å²) in [5, 5.41) is 11.8. The lowest BCUT2D eigenvalue weighted by Gasteiger charge is -2.11. The third-order valence-electron chi connectivity index (χ3n) is 2.91. The highest BCUT2D eigenvalue weighted by Gasteiger charge is 2.07. The van der Waals surface area contributed by atoms with Gasteiger partial charge in [-0.1, -0.05) is 0 Å². The van der Waals surface area contributed by atoms with E-state index in [2.05, 4.69) is 21.2 Å². The van der Waals surface area contributed by atoms with Crippen molar-refractivity contribution in [2.24, 2.45) is 0 Å². The molecule has 102 valence electrons. The summed E-state index contributed by atoms with van der Waals surface area (Å²) < 4.78 is 27.5. The predicted octanol–water partition coefficient (Wildman–Crippen LogP) is 4.52. The molecule has 0 bridgehead atoms. The Bertz CT molecular complexity index is 693. The molecule has 0 unspecified atom stereocenters. The monoisotopic (exact) mass is 336 g/mol. The fourth-order valence-corrected chi connectivity index (χ4v) is 2.26. The second-order valence-corrected chi connectivity index (χ2v) is 5.21. The molecule has 0 spiro atoms. The van der Waals surface area contributed by atoms with E-state index in [-0.39, 0.29) is 12.4 Å². The van der Waals surface area contributed by atoms with E-state index < -0.39 is 5.82 Å². The van der Waals surface area contributed by atoms with E-state index in [0.29, 0.717) is 21.3 Å². The van der Waals surface area contributed by atoms with E-state index in [9.17, 15) is 8.78 Å². The van der Waals surface area contributed by atoms with Crippen LogP contribution in [0, 0.1) is 29.9 Å². The summed E-state index contributed by atoms with van der Waals surface area (Å²) in [4.78, 5) is 0. The van der Waals surface area contributed by atoms with Crippen LogP contribution in [0.4, 0.5) is 14.5 Å². The zero-order chi connectivity index (χ0) is 14.7. The third-order valence-corrected chi connectivity index (χ3v) is 3.52. The van der Waals surface area contributed by atoms with Crippen molar-refractivity contribution in [2.45, 2.75) is 13.5 Å². The smallest absolute Gasteiger partial charge is 0.139 e. The van der Waals surface area contributed by atoms with Crippen LogP contribution in [0.15, 0.2) is 34.8 Å². The van der Waals surface area contributed by atoms with Crippen LogP contribution in [0.1, 0.15) is 16.7 Å². The van der Waals surface area contributed by atoms with Crippen LogP contribution >= 0.6 is 15.9 Å². The highest BCUT2D eigenvalue weighted by Crippen LogP contribution is 2.24. The Balaban J connectivity index is 2.21. The number of halogens is 3. The summed E-state index contributed by atoms with van der Waals surface area (Å²) in [6.45, 7) is 2.01. The lowest BCUT2D eigenvalue weighted by Crippen LogP contribution is -2.04. The fraction of sp³-hybridized carbons (Fsp3) is 0.133. The Hall–Kier alpha value is -1.93. The Labute approximate surface area is 124 Å². The number of aryl methyl sites for hydroxylation is 1. The molecule has 2 aromatic carbocycles. The molecule has 0 heterocycles. The Kier molecular flexibility index (Phi) is 4.35. The maximum atomic E-state index is 13.6. The Morgan fingerprint density at radius 1 is 1.20 bits per heavy atom. The van der Waals surface area contributed by atoms with Gasteiger partial charge in [-0.2, -0.15) is 5.26 Å². The van der Waals surface area contributed by atoms with E-state index in [1.54, 1.807) is 6.07 Å². The molecule has 1 N–H and O–H groups in total. The average Bonchev–Trinajstić information content (AvgIpc) is 2.43. The van der Waals surface area contributed by atoms with Gasteiger partial charge in [-0.05, 0) is 58.7 Å². The first kappa shape index (κ1) is 14.5. The first-order valence-electron chi connectivity index (χ1n) is 5.89. The molecule has 0 aliphatic rings. The van der Waals surface area contributed by atoms with Gasteiger partial charge in [0.05, 0.1) is 16.1 Å². The minimum atomic E-state index is -0.397. The van der Waals surface area contributed by atoms with Gasteiger partial charge in [-0.15, -0.1) is 0 Å². The second kappa shape index (κ2) is 6.02. The van der Waals surface area contributed by atoms with Crippen molar-refractivity contribution in [3.63, 3.8) is 0 Å². The van der Waals surface area contributed by atoms with Crippen molar-refractivity contribution >= 4 is 21.6 Å². The molecule has 0 amide bonds. The average molecular weight is 337 g/mol. The fourth-order valence-electron chi connectivity index (χ4n) is 1.81. The molecule has 0 saturated carbocycles. The van der Waals surface area contributed by atoms with Gasteiger partial charge in [0.2, 0.25) is 0 Å². The molecule has 0 radical (unpaired) electrons. The van der Waals surface area contributed by atoms with Gasteiger partial charge in [0, 0.05) is 17.8 Å². The second-order valence-electron chi connectivity index (χ2n) is 4.35. The molecule has 0 saturated heterocycles. The zero-order valence-corrected chi connectivity index (χ0v) is 12.3. The van der Waals surface area contributed by atoms with Crippen LogP contribution in [-0.2, 0) is 6.54 Å². The highest BCUT2D eigenvalue weighted by molar-refractivity contribution is 9.10. The number of anilines is 1. The molecule has 5 heteroatoms. The normalized spacial score (nSPS) is 10.2. The molecule has 2 rings (SSSR count). The third kappa shape index (κ3) is 3.14. The standard InChI is InChI=1S/C15H11BrF2N2/c1-9-4-12(16)14(18)6-15(9)20-8-11-5-10(7-19)2-3-13(11)17/h2-6,20H,8H2,1H3. The topological polar surface area (TPSA) is 35.8 Å². The number of nitrogens with one attached hydrogen (secondary N) is 1. The van der Waals surface area contributed by atoms with E-state index in [4.69, 9.17) is 5.26 Å². The molecule has 2 nitrogen and oxygen atoms in total. The van der Waals surface area contributed by atoms with Gasteiger partial charge in [0.25, 0.3) is 0 Å². The summed E-state index contributed by atoms with van der Waals surface area (Å²) in [7, 11) is 0. The molecule has 20 heavy (non-hydrogen) atoms. The number of nitrogens with zero attached hydrogens (tertiary/aromatic N) is 1. The van der Waals surface area contributed by atoms with E-state index in [0.717, 1.165) is 5.56 Å². The number of benzene rings is 2. The molecule has 0 aliphatic heterocycles. The lowest BCUT2D eigenvalue weighted by molar-refractivity contribution is 0.612. The number of hydrogen-bond acceptors (Lipinski definition) is 2. The number of nitriles is 1. The van der Waals surface area contributed by atoms with Crippen LogP contribution in [0.3, 0.4) is 0 Å². The molecule has 0 aliphatic carbocycles. The summed E-state index contributed by atoms with van der Waals surface area (Å²) in [5.74, 6) is -0.781. The quantitative estimate of drug-likeness (QED) is 0.894. The molecule has 0 atom stereocenters. The number of rotatable bonds is 3. The molecule has 0 aromatic heterocycles. The van der Waals surface area contributed by atoms with E-state index in [1.165, 1.54) is 24.3 Å². The minimum Gasteiger partial charge on any atom is -0.381 e. The Morgan fingerprint density at radius 2 is 1.95 bits per heavy atom. The van der Waals surface area contributed by atoms with Gasteiger partial charge < -0.3 is 5.32 Å². The zero-order valence-electron chi connectivity index (χ0n) is 10.7. The van der Waals surface area contributed by atoms with Crippen molar-refractivity contribution in [1.82, 2.24) is 0 Å². The van der Waals surface area contributed by atoms with E-state index >= 15 is 0 Å². The molecular formula is C15H11BrF2N2. The largest absolute Gasteiger partial charge is 0.381 e. The molecule has 0 fully saturated rings. The summed E-state index contributed by atoms with van der Waals surface area (Å²) >= 11 is 3.11. The maximum absolute atomic E-state index is 13.6. The van der Waals surface area contributed by atoms with Crippen LogP contribution in [-0.4, -0.2) is 0 Å². The number of hydrogen-bond donors (Lipinski definition) is 1. The van der Waals surface area contributed by atoms with Crippen molar-refractivity contribution in [3.05, 3.63) is 63.1 Å². The van der Waals surface area contributed by atoms with Crippen molar-refractivity contribution < 1.29 is 8.78 Å². The molecular weight excluding hydrogens is 326 g/mol. The molecule has 2 aromatic rings. The Morgan fingerprint density at radius 3 is 2.65 bits per heavy atom. The van der Waals surface area contributed by atoms with Crippen LogP contribution < -0.4 is 5.32 Å². The minimum absolute atomic E-state index is 0.184. The van der Waals surface area contributed by atoms with Gasteiger partial charge in [0.15, 0.2) is 0 Å². The van der Waals surface area contributed by atoms with Crippen LogP contribution in [0.2, 0.25) is 0 Å². The highest BCUT2D eigenvalue weighted by atomic mass is 79.9. The van der Waals surface area contributed by atoms with Crippen LogP contribution in [0.5, 0.6) is 0 Å². The summed E-state index contributed by atoms with van der Waals surface area (Å²) in [6.07, 6.45) is 0. The van der Waals surface area contributed by atoms with Gasteiger partial charge in [-0.25, -0.2) is 8.78 Å². The SMILES string of the molecule is Cc1cc(Br)c(F)cc1NCc1cc(C#N)ccc1F. The predicted molar refractivity (Wildman–Crippen MR) is 77.3 cm³/mol. The lowest BCUT2D eigenvalue weighted by atomic mass is 10.1. The van der Waals surface area contributed by atoms with Crippen molar-refractivity contribution in [2.75, 3.05) is 5.32 Å². The van der Waals surface area contributed by atoms with Gasteiger partial charge in [0.1, 0.15) is 11.6 Å². The van der Waals surface area contributed by atoms with Crippen molar-refractivity contribution in [3.8, 4) is 6.07 Å². The maximum Gasteiger partial charge on any atom is 0.139 e. The first-order chi connectivity index (χ1) is 9.51. The summed E-state index contributed by atoms with van der Waals surface area (Å²) in [6, 6.07) is 9.12. The summed E-state index contributed by atoms with van der Waals surface area (Å²) in [5.41, 5.74) is 2.19. The van der Waals surface area contributed by atoms with Gasteiger partial charge >= 0.3 is 0 Å². The van der Waals surface area contributed by atoms with Crippen LogP contribution in [0.25, 0.3) is 0 Å². The van der Waals surface area contributed by atoms with Gasteiger partial charge in [-0.3, -0.25) is 0 Å².